The van der Waals surface area contributed by atoms with E-state index in [2.05, 4.69) is 50.1 Å². The Labute approximate surface area is 141 Å². The summed E-state index contributed by atoms with van der Waals surface area (Å²) in [6.45, 7) is 13.0. The van der Waals surface area contributed by atoms with Crippen LogP contribution >= 0.6 is 0 Å². The molecule has 0 aliphatic heterocycles. The molecule has 0 N–H and O–H groups in total. The average molecular weight is 310 g/mol. The highest BCUT2D eigenvalue weighted by molar-refractivity contribution is 6.07. The fourth-order valence-corrected chi connectivity index (χ4v) is 3.57. The smallest absolute Gasteiger partial charge is 0.0505 e. The lowest BCUT2D eigenvalue weighted by Gasteiger charge is -2.30. The molecular weight excluding hydrogens is 280 g/mol. The summed E-state index contributed by atoms with van der Waals surface area (Å²) in [5.74, 6) is 0.589. The summed E-state index contributed by atoms with van der Waals surface area (Å²) in [5, 5.41) is 0. The predicted octanol–water partition coefficient (Wildman–Crippen LogP) is 5.52. The Balaban J connectivity index is 2.48. The molecule has 1 fully saturated rings. The van der Waals surface area contributed by atoms with Crippen LogP contribution in [0, 0.1) is 12.8 Å². The predicted molar refractivity (Wildman–Crippen MR) is 103 cm³/mol. The molecule has 0 spiro atoms. The first-order valence-electron chi connectivity index (χ1n) is 8.70. The molecule has 2 rings (SSSR count). The van der Waals surface area contributed by atoms with Crippen LogP contribution in [0.5, 0.6) is 0 Å². The van der Waals surface area contributed by atoms with E-state index in [9.17, 15) is 0 Å². The van der Waals surface area contributed by atoms with Gasteiger partial charge in [0.1, 0.15) is 0 Å². The second-order valence-electron chi connectivity index (χ2n) is 6.60. The van der Waals surface area contributed by atoms with Gasteiger partial charge < -0.3 is 4.90 Å². The number of benzene rings is 1. The minimum atomic E-state index is 0.589. The van der Waals surface area contributed by atoms with Gasteiger partial charge in [-0.2, -0.15) is 0 Å². The zero-order valence-electron chi connectivity index (χ0n) is 14.9. The quantitative estimate of drug-likeness (QED) is 0.499. The summed E-state index contributed by atoms with van der Waals surface area (Å²) < 4.78 is 0. The number of aryl methyl sites for hydroxylation is 1. The number of anilines is 1. The third-order valence-corrected chi connectivity index (χ3v) is 4.73. The molecule has 0 saturated heterocycles. The molecule has 2 nitrogen and oxygen atoms in total. The maximum absolute atomic E-state index is 4.71. The number of hydrogen-bond donors (Lipinski definition) is 0. The van der Waals surface area contributed by atoms with Crippen LogP contribution in [0.3, 0.4) is 0 Å². The van der Waals surface area contributed by atoms with E-state index in [1.807, 2.05) is 13.1 Å². The van der Waals surface area contributed by atoms with Crippen LogP contribution in [0.1, 0.15) is 50.2 Å². The van der Waals surface area contributed by atoms with Crippen molar-refractivity contribution in [2.45, 2.75) is 46.0 Å². The van der Waals surface area contributed by atoms with E-state index in [1.54, 1.807) is 0 Å². The molecule has 124 valence electrons. The number of allylic oxidation sites excluding steroid dienone is 1. The van der Waals surface area contributed by atoms with Crippen LogP contribution in [0.15, 0.2) is 48.1 Å². The highest BCUT2D eigenvalue weighted by Crippen LogP contribution is 2.33. The van der Waals surface area contributed by atoms with Crippen LogP contribution < -0.4 is 4.90 Å². The van der Waals surface area contributed by atoms with Crippen LogP contribution in [-0.2, 0) is 0 Å². The summed E-state index contributed by atoms with van der Waals surface area (Å²) in [6, 6.07) is 6.68. The highest BCUT2D eigenvalue weighted by atomic mass is 15.1. The van der Waals surface area contributed by atoms with Crippen molar-refractivity contribution < 1.29 is 0 Å². The zero-order chi connectivity index (χ0) is 16.8. The first kappa shape index (κ1) is 17.5. The minimum Gasteiger partial charge on any atom is -0.342 e. The Morgan fingerprint density at radius 1 is 1.30 bits per heavy atom. The lowest BCUT2D eigenvalue weighted by atomic mass is 9.82. The summed E-state index contributed by atoms with van der Waals surface area (Å²) in [7, 11) is 1.94. The number of nitrogens with zero attached hydrogens (tertiary/aromatic N) is 2. The third kappa shape index (κ3) is 4.13. The standard InChI is InChI=1S/C21H30N2/c1-6-14-23(16(2)3)20-15-17(4)12-13-19(20)21(22-5)18-10-8-7-9-11-18/h6,12-13,15,18H,1-2,7-11,14H2,3-5H3. The van der Waals surface area contributed by atoms with Gasteiger partial charge in [-0.3, -0.25) is 4.99 Å². The lowest BCUT2D eigenvalue weighted by Crippen LogP contribution is -2.26. The van der Waals surface area contributed by atoms with E-state index in [0.717, 1.165) is 12.2 Å². The molecule has 0 radical (unpaired) electrons. The van der Waals surface area contributed by atoms with E-state index in [1.165, 1.54) is 54.6 Å². The van der Waals surface area contributed by atoms with E-state index < -0.39 is 0 Å². The first-order valence-corrected chi connectivity index (χ1v) is 8.70. The molecule has 1 aliphatic rings. The Morgan fingerprint density at radius 2 is 2.00 bits per heavy atom. The summed E-state index contributed by atoms with van der Waals surface area (Å²) >= 11 is 0. The third-order valence-electron chi connectivity index (χ3n) is 4.73. The van der Waals surface area contributed by atoms with Crippen LogP contribution in [0.25, 0.3) is 0 Å². The Hall–Kier alpha value is -1.83. The maximum atomic E-state index is 4.71. The average Bonchev–Trinajstić information content (AvgIpc) is 2.55. The molecule has 0 bridgehead atoms. The molecule has 0 aromatic heterocycles. The summed E-state index contributed by atoms with van der Waals surface area (Å²) in [6.07, 6.45) is 8.46. The van der Waals surface area contributed by atoms with Crippen LogP contribution in [-0.4, -0.2) is 19.3 Å². The fraction of sp³-hybridized carbons (Fsp3) is 0.476. The van der Waals surface area contributed by atoms with Crippen molar-refractivity contribution in [3.63, 3.8) is 0 Å². The fourth-order valence-electron chi connectivity index (χ4n) is 3.57. The van der Waals surface area contributed by atoms with E-state index in [-0.39, 0.29) is 0 Å². The topological polar surface area (TPSA) is 15.6 Å². The first-order chi connectivity index (χ1) is 11.1. The van der Waals surface area contributed by atoms with Crippen molar-refractivity contribution in [3.8, 4) is 0 Å². The van der Waals surface area contributed by atoms with Gasteiger partial charge >= 0.3 is 0 Å². The molecule has 23 heavy (non-hydrogen) atoms. The Kier molecular flexibility index (Phi) is 6.20. The van der Waals surface area contributed by atoms with Gasteiger partial charge in [-0.1, -0.05) is 44.1 Å². The zero-order valence-corrected chi connectivity index (χ0v) is 14.9. The van der Waals surface area contributed by atoms with Gasteiger partial charge in [0.2, 0.25) is 0 Å². The van der Waals surface area contributed by atoms with Gasteiger partial charge in [0.15, 0.2) is 0 Å². The summed E-state index contributed by atoms with van der Waals surface area (Å²) in [4.78, 5) is 6.95. The van der Waals surface area contributed by atoms with Crippen molar-refractivity contribution in [1.82, 2.24) is 0 Å². The van der Waals surface area contributed by atoms with Crippen LogP contribution in [0.2, 0.25) is 0 Å². The molecule has 0 amide bonds. The molecule has 1 aliphatic carbocycles. The second kappa shape index (κ2) is 8.14. The van der Waals surface area contributed by atoms with Gasteiger partial charge in [0.25, 0.3) is 0 Å². The monoisotopic (exact) mass is 310 g/mol. The highest BCUT2D eigenvalue weighted by Gasteiger charge is 2.23. The normalized spacial score (nSPS) is 16.2. The number of aliphatic imine (C=N–C) groups is 1. The molecule has 1 aromatic rings. The second-order valence-corrected chi connectivity index (χ2v) is 6.60. The SMILES string of the molecule is C=CCN(C(=C)C)c1cc(C)ccc1C(=NC)C1CCCCC1. The number of rotatable bonds is 6. The molecule has 1 aromatic carbocycles. The maximum Gasteiger partial charge on any atom is 0.0505 e. The van der Waals surface area contributed by atoms with Crippen molar-refractivity contribution in [2.75, 3.05) is 18.5 Å². The van der Waals surface area contributed by atoms with Crippen LogP contribution in [0.4, 0.5) is 5.69 Å². The van der Waals surface area contributed by atoms with E-state index in [4.69, 9.17) is 4.99 Å². The minimum absolute atomic E-state index is 0.589. The Bertz CT molecular complexity index is 592. The molecular formula is C21H30N2. The molecule has 0 unspecified atom stereocenters. The molecule has 2 heteroatoms. The Morgan fingerprint density at radius 3 is 2.57 bits per heavy atom. The van der Waals surface area contributed by atoms with Gasteiger partial charge in [-0.15, -0.1) is 6.58 Å². The van der Waals surface area contributed by atoms with Gasteiger partial charge in [-0.25, -0.2) is 0 Å². The van der Waals surface area contributed by atoms with Gasteiger partial charge in [-0.05, 0) is 38.3 Å². The molecule has 0 heterocycles. The van der Waals surface area contributed by atoms with E-state index in [0.29, 0.717) is 5.92 Å². The molecule has 1 saturated carbocycles. The van der Waals surface area contributed by atoms with Crippen molar-refractivity contribution >= 4 is 11.4 Å². The summed E-state index contributed by atoms with van der Waals surface area (Å²) in [5.41, 5.74) is 6.03. The van der Waals surface area contributed by atoms with Crippen molar-refractivity contribution in [2.24, 2.45) is 10.9 Å². The van der Waals surface area contributed by atoms with Crippen molar-refractivity contribution in [3.05, 3.63) is 54.3 Å². The largest absolute Gasteiger partial charge is 0.342 e. The van der Waals surface area contributed by atoms with Gasteiger partial charge in [0.05, 0.1) is 5.69 Å². The van der Waals surface area contributed by atoms with Gasteiger partial charge in [0, 0.05) is 36.5 Å². The van der Waals surface area contributed by atoms with Crippen molar-refractivity contribution in [1.29, 1.82) is 0 Å². The lowest BCUT2D eigenvalue weighted by molar-refractivity contribution is 0.439. The molecule has 0 atom stereocenters. The number of hydrogen-bond acceptors (Lipinski definition) is 2. The van der Waals surface area contributed by atoms with E-state index >= 15 is 0 Å².